The fraction of sp³-hybridized carbons (Fsp3) is 0.364. The fourth-order valence-corrected chi connectivity index (χ4v) is 1.19. The van der Waals surface area contributed by atoms with E-state index in [4.69, 9.17) is 0 Å². The summed E-state index contributed by atoms with van der Waals surface area (Å²) in [4.78, 5) is 4.25. The summed E-state index contributed by atoms with van der Waals surface area (Å²) in [6, 6.07) is 2.02. The Kier molecular flexibility index (Phi) is 4.14. The van der Waals surface area contributed by atoms with Crippen LogP contribution in [0.25, 0.3) is 0 Å². The first kappa shape index (κ1) is 11.2. The Bertz CT molecular complexity index is 334. The Hall–Kier alpha value is -0.830. The van der Waals surface area contributed by atoms with E-state index in [2.05, 4.69) is 39.7 Å². The first-order valence-electron chi connectivity index (χ1n) is 4.66. The molecule has 0 saturated carbocycles. The molecule has 0 aliphatic heterocycles. The molecule has 14 heavy (non-hydrogen) atoms. The van der Waals surface area contributed by atoms with Crippen molar-refractivity contribution in [3.8, 4) is 0 Å². The van der Waals surface area contributed by atoms with Gasteiger partial charge in [-0.25, -0.2) is 4.98 Å². The number of nitrogens with zero attached hydrogens (tertiary/aromatic N) is 1. The van der Waals surface area contributed by atoms with Crippen LogP contribution in [0.3, 0.4) is 0 Å². The van der Waals surface area contributed by atoms with Crippen molar-refractivity contribution >= 4 is 21.7 Å². The van der Waals surface area contributed by atoms with E-state index in [1.807, 2.05) is 19.2 Å². The van der Waals surface area contributed by atoms with Gasteiger partial charge in [0, 0.05) is 17.2 Å². The molecule has 0 aliphatic carbocycles. The maximum absolute atomic E-state index is 4.25. The number of hydrogen-bond acceptors (Lipinski definition) is 2. The summed E-state index contributed by atoms with van der Waals surface area (Å²) in [5.41, 5.74) is 2.37. The van der Waals surface area contributed by atoms with Crippen LogP contribution < -0.4 is 5.32 Å². The van der Waals surface area contributed by atoms with E-state index in [0.717, 1.165) is 23.3 Å². The van der Waals surface area contributed by atoms with Crippen LogP contribution in [0.15, 0.2) is 28.9 Å². The highest BCUT2D eigenvalue weighted by molar-refractivity contribution is 9.10. The Balaban J connectivity index is 2.60. The van der Waals surface area contributed by atoms with Crippen LogP contribution >= 0.6 is 15.9 Å². The monoisotopic (exact) mass is 254 g/mol. The molecule has 0 amide bonds. The van der Waals surface area contributed by atoms with E-state index >= 15 is 0 Å². The van der Waals surface area contributed by atoms with Gasteiger partial charge in [0.15, 0.2) is 0 Å². The van der Waals surface area contributed by atoms with Gasteiger partial charge in [0.1, 0.15) is 5.82 Å². The molecule has 0 atom stereocenters. The van der Waals surface area contributed by atoms with Gasteiger partial charge in [-0.3, -0.25) is 0 Å². The molecule has 0 spiro atoms. The van der Waals surface area contributed by atoms with Crippen LogP contribution in [0.5, 0.6) is 0 Å². The predicted molar refractivity (Wildman–Crippen MR) is 64.6 cm³/mol. The number of aryl methyl sites for hydroxylation is 1. The second kappa shape index (κ2) is 5.15. The van der Waals surface area contributed by atoms with Crippen molar-refractivity contribution in [2.24, 2.45) is 0 Å². The van der Waals surface area contributed by atoms with Crippen molar-refractivity contribution in [1.82, 2.24) is 4.98 Å². The van der Waals surface area contributed by atoms with Crippen molar-refractivity contribution in [2.45, 2.75) is 20.3 Å². The van der Waals surface area contributed by atoms with Gasteiger partial charge in [-0.15, -0.1) is 0 Å². The van der Waals surface area contributed by atoms with Crippen molar-refractivity contribution < 1.29 is 0 Å². The average Bonchev–Trinajstić information content (AvgIpc) is 2.19. The van der Waals surface area contributed by atoms with Crippen LogP contribution in [-0.4, -0.2) is 11.5 Å². The second-order valence-corrected chi connectivity index (χ2v) is 4.13. The lowest BCUT2D eigenvalue weighted by Gasteiger charge is -2.07. The number of aromatic nitrogens is 1. The Labute approximate surface area is 93.6 Å². The molecule has 1 heterocycles. The van der Waals surface area contributed by atoms with E-state index in [1.165, 1.54) is 11.1 Å². The molecule has 0 aromatic carbocycles. The minimum absolute atomic E-state index is 0.796. The molecule has 1 N–H and O–H groups in total. The fourth-order valence-electron chi connectivity index (χ4n) is 0.977. The molecule has 2 nitrogen and oxygen atoms in total. The minimum Gasteiger partial charge on any atom is -0.366 e. The molecular formula is C11H15BrN2. The van der Waals surface area contributed by atoms with Crippen LogP contribution in [-0.2, 0) is 0 Å². The van der Waals surface area contributed by atoms with Crippen LogP contribution in [0.2, 0.25) is 0 Å². The van der Waals surface area contributed by atoms with Crippen molar-refractivity contribution in [3.05, 3.63) is 34.5 Å². The molecule has 1 aromatic heterocycles. The normalized spacial score (nSPS) is 9.93. The number of pyridine rings is 1. The lowest BCUT2D eigenvalue weighted by Crippen LogP contribution is -2.05. The number of anilines is 1. The van der Waals surface area contributed by atoms with E-state index in [0.29, 0.717) is 0 Å². The van der Waals surface area contributed by atoms with Gasteiger partial charge in [-0.05, 0) is 40.9 Å². The van der Waals surface area contributed by atoms with Gasteiger partial charge < -0.3 is 5.32 Å². The quantitative estimate of drug-likeness (QED) is 0.832. The summed E-state index contributed by atoms with van der Waals surface area (Å²) in [5, 5.41) is 3.23. The van der Waals surface area contributed by atoms with Crippen LogP contribution in [0.1, 0.15) is 18.9 Å². The molecule has 0 bridgehead atoms. The SMILES string of the molecule is C=C(CC)CNc1cc(C)c(Br)cn1. The molecule has 76 valence electrons. The molecule has 0 aliphatic rings. The summed E-state index contributed by atoms with van der Waals surface area (Å²) in [6.07, 6.45) is 2.81. The first-order chi connectivity index (χ1) is 6.63. The summed E-state index contributed by atoms with van der Waals surface area (Å²) in [7, 11) is 0. The third-order valence-electron chi connectivity index (χ3n) is 2.07. The molecule has 0 fully saturated rings. The van der Waals surface area contributed by atoms with Crippen molar-refractivity contribution in [1.29, 1.82) is 0 Å². The molecule has 1 rings (SSSR count). The third kappa shape index (κ3) is 3.14. The van der Waals surface area contributed by atoms with Crippen LogP contribution in [0, 0.1) is 6.92 Å². The van der Waals surface area contributed by atoms with Gasteiger partial charge in [-0.2, -0.15) is 0 Å². The molecule has 3 heteroatoms. The maximum Gasteiger partial charge on any atom is 0.126 e. The Morgan fingerprint density at radius 3 is 2.93 bits per heavy atom. The lowest BCUT2D eigenvalue weighted by molar-refractivity contribution is 1.04. The van der Waals surface area contributed by atoms with E-state index < -0.39 is 0 Å². The molecule has 1 aromatic rings. The highest BCUT2D eigenvalue weighted by Gasteiger charge is 1.98. The maximum atomic E-state index is 4.25. The van der Waals surface area contributed by atoms with Gasteiger partial charge >= 0.3 is 0 Å². The smallest absolute Gasteiger partial charge is 0.126 e. The highest BCUT2D eigenvalue weighted by atomic mass is 79.9. The molecule has 0 saturated heterocycles. The average molecular weight is 255 g/mol. The summed E-state index contributed by atoms with van der Waals surface area (Å²) in [6.45, 7) is 8.87. The predicted octanol–water partition coefficient (Wildman–Crippen LogP) is 3.53. The first-order valence-corrected chi connectivity index (χ1v) is 5.45. The van der Waals surface area contributed by atoms with Crippen molar-refractivity contribution in [3.63, 3.8) is 0 Å². The van der Waals surface area contributed by atoms with Crippen LogP contribution in [0.4, 0.5) is 5.82 Å². The zero-order valence-electron chi connectivity index (χ0n) is 8.60. The van der Waals surface area contributed by atoms with Crippen molar-refractivity contribution in [2.75, 3.05) is 11.9 Å². The Morgan fingerprint density at radius 2 is 2.36 bits per heavy atom. The second-order valence-electron chi connectivity index (χ2n) is 3.28. The summed E-state index contributed by atoms with van der Waals surface area (Å²) in [5.74, 6) is 0.903. The zero-order valence-corrected chi connectivity index (χ0v) is 10.2. The van der Waals surface area contributed by atoms with E-state index in [1.54, 1.807) is 0 Å². The number of nitrogens with one attached hydrogen (secondary N) is 1. The largest absolute Gasteiger partial charge is 0.366 e. The van der Waals surface area contributed by atoms with Gasteiger partial charge in [-0.1, -0.05) is 19.1 Å². The molecular weight excluding hydrogens is 240 g/mol. The Morgan fingerprint density at radius 1 is 1.64 bits per heavy atom. The minimum atomic E-state index is 0.796. The van der Waals surface area contributed by atoms with Gasteiger partial charge in [0.05, 0.1) is 0 Å². The lowest BCUT2D eigenvalue weighted by atomic mass is 10.2. The van der Waals surface area contributed by atoms with E-state index in [9.17, 15) is 0 Å². The van der Waals surface area contributed by atoms with Gasteiger partial charge in [0.25, 0.3) is 0 Å². The van der Waals surface area contributed by atoms with E-state index in [-0.39, 0.29) is 0 Å². The topological polar surface area (TPSA) is 24.9 Å². The molecule has 0 radical (unpaired) electrons. The highest BCUT2D eigenvalue weighted by Crippen LogP contribution is 2.17. The number of rotatable bonds is 4. The summed E-state index contributed by atoms with van der Waals surface area (Å²) >= 11 is 3.42. The number of hydrogen-bond donors (Lipinski definition) is 1. The standard InChI is InChI=1S/C11H15BrN2/c1-4-8(2)6-13-11-5-9(3)10(12)7-14-11/h5,7H,2,4,6H2,1,3H3,(H,13,14). The summed E-state index contributed by atoms with van der Waals surface area (Å²) < 4.78 is 1.04. The third-order valence-corrected chi connectivity index (χ3v) is 2.90. The number of halogens is 1. The van der Waals surface area contributed by atoms with Gasteiger partial charge in [0.2, 0.25) is 0 Å². The molecule has 0 unspecified atom stereocenters. The zero-order chi connectivity index (χ0) is 10.6.